The van der Waals surface area contributed by atoms with Crippen molar-refractivity contribution in [3.63, 3.8) is 0 Å². The van der Waals surface area contributed by atoms with Crippen LogP contribution in [0.5, 0.6) is 0 Å². The molecule has 30 rings (SSSR count). The van der Waals surface area contributed by atoms with Crippen molar-refractivity contribution in [1.82, 2.24) is 44.9 Å². The Hall–Kier alpha value is -19.0. The van der Waals surface area contributed by atoms with E-state index in [4.69, 9.17) is 71.4 Å². The maximum atomic E-state index is 6.26. The minimum absolute atomic E-state index is 0.583. The maximum Gasteiger partial charge on any atom is 0.164 e. The summed E-state index contributed by atoms with van der Waals surface area (Å²) in [6, 6.07) is 142. The summed E-state index contributed by atoms with van der Waals surface area (Å²) in [7, 11) is 0. The van der Waals surface area contributed by atoms with Crippen LogP contribution in [0.1, 0.15) is 0 Å². The van der Waals surface area contributed by atoms with Crippen LogP contribution >= 0.6 is 0 Å². The van der Waals surface area contributed by atoms with Crippen molar-refractivity contribution >= 4 is 196 Å². The molecule has 0 unspecified atom stereocenters. The highest BCUT2D eigenvalue weighted by molar-refractivity contribution is 6.21. The van der Waals surface area contributed by atoms with Crippen molar-refractivity contribution in [1.29, 1.82) is 0 Å². The summed E-state index contributed by atoms with van der Waals surface area (Å²) in [5.41, 5.74) is 17.9. The molecule has 138 heavy (non-hydrogen) atoms. The average molecular weight is 1770 g/mol. The predicted octanol–water partition coefficient (Wildman–Crippen LogP) is 32.9. The van der Waals surface area contributed by atoms with Crippen molar-refractivity contribution in [2.24, 2.45) is 0 Å². The lowest BCUT2D eigenvalue weighted by atomic mass is 9.96. The lowest BCUT2D eigenvalue weighted by Gasteiger charge is -2.13. The van der Waals surface area contributed by atoms with Crippen LogP contribution in [0.25, 0.3) is 299 Å². The number of hydrogen-bond donors (Lipinski definition) is 0. The van der Waals surface area contributed by atoms with E-state index < -0.39 is 0 Å². The third-order valence-corrected chi connectivity index (χ3v) is 26.8. The van der Waals surface area contributed by atoms with Crippen molar-refractivity contribution < 1.29 is 26.5 Å². The molecule has 0 spiro atoms. The Morgan fingerprint density at radius 2 is 0.333 bits per heavy atom. The zero-order valence-electron chi connectivity index (χ0n) is 73.3. The van der Waals surface area contributed by atoms with E-state index in [0.29, 0.717) is 52.4 Å². The largest absolute Gasteiger partial charge is 0.456 e. The van der Waals surface area contributed by atoms with Gasteiger partial charge in [0.1, 0.15) is 67.0 Å². The first-order valence-corrected chi connectivity index (χ1v) is 45.8. The fourth-order valence-corrected chi connectivity index (χ4v) is 20.6. The van der Waals surface area contributed by atoms with Gasteiger partial charge in [0.15, 0.2) is 52.4 Å². The molecule has 0 atom stereocenters. The van der Waals surface area contributed by atoms with Crippen LogP contribution in [-0.4, -0.2) is 44.9 Å². The molecule has 0 bridgehead atoms. The quantitative estimate of drug-likeness (QED) is 0.124. The minimum Gasteiger partial charge on any atom is -0.456 e. The van der Waals surface area contributed by atoms with Crippen LogP contribution in [0.4, 0.5) is 0 Å². The van der Waals surface area contributed by atoms with E-state index >= 15 is 0 Å². The fraction of sp³-hybridized carbons (Fsp3) is 0. The molecule has 0 aliphatic rings. The number of nitrogens with zero attached hydrogens (tertiary/aromatic N) is 9. The minimum atomic E-state index is 0.583. The smallest absolute Gasteiger partial charge is 0.164 e. The molecule has 642 valence electrons. The molecule has 15 nitrogen and oxygen atoms in total. The fourth-order valence-electron chi connectivity index (χ4n) is 20.6. The van der Waals surface area contributed by atoms with Gasteiger partial charge in [0.05, 0.1) is 0 Å². The summed E-state index contributed by atoms with van der Waals surface area (Å²) in [5.74, 6) is 5.32. The molecule has 0 saturated heterocycles. The van der Waals surface area contributed by atoms with Gasteiger partial charge in [-0.15, -0.1) is 0 Å². The Labute approximate surface area is 783 Å². The van der Waals surface area contributed by atoms with Crippen molar-refractivity contribution in [3.05, 3.63) is 419 Å². The highest BCUT2D eigenvalue weighted by atomic mass is 16.3. The molecule has 0 fully saturated rings. The lowest BCUT2D eigenvalue weighted by molar-refractivity contribution is 0.668. The summed E-state index contributed by atoms with van der Waals surface area (Å²) < 4.78 is 37.5. The summed E-state index contributed by atoms with van der Waals surface area (Å²) in [6.45, 7) is 0. The Morgan fingerprint density at radius 3 is 0.688 bits per heavy atom. The molecular weight excluding hydrogens is 1700 g/mol. The van der Waals surface area contributed by atoms with Gasteiger partial charge in [-0.2, -0.15) is 0 Å². The van der Waals surface area contributed by atoms with Gasteiger partial charge in [-0.25, -0.2) is 44.9 Å². The van der Waals surface area contributed by atoms with Gasteiger partial charge in [0, 0.05) is 120 Å². The Bertz CT molecular complexity index is 9650. The van der Waals surface area contributed by atoms with Crippen LogP contribution in [0.3, 0.4) is 0 Å². The van der Waals surface area contributed by atoms with Gasteiger partial charge >= 0.3 is 0 Å². The molecule has 0 radical (unpaired) electrons. The van der Waals surface area contributed by atoms with Crippen LogP contribution in [0, 0.1) is 0 Å². The normalized spacial score (nSPS) is 11.9. The Balaban J connectivity index is 0.000000102. The Morgan fingerprint density at radius 1 is 0.116 bits per heavy atom. The van der Waals surface area contributed by atoms with Crippen molar-refractivity contribution in [3.8, 4) is 102 Å². The molecule has 0 aliphatic heterocycles. The molecule has 21 aromatic carbocycles. The second-order valence-corrected chi connectivity index (χ2v) is 34.7. The molecule has 15 heteroatoms. The molecule has 0 amide bonds. The molecule has 30 aromatic rings. The van der Waals surface area contributed by atoms with Gasteiger partial charge in [-0.05, 0) is 144 Å². The van der Waals surface area contributed by atoms with E-state index in [9.17, 15) is 0 Å². The van der Waals surface area contributed by atoms with E-state index in [0.717, 1.165) is 219 Å². The predicted molar refractivity (Wildman–Crippen MR) is 557 cm³/mol. The van der Waals surface area contributed by atoms with Crippen LogP contribution in [-0.2, 0) is 0 Å². The number of rotatable bonds is 9. The summed E-state index contributed by atoms with van der Waals surface area (Å²) in [4.78, 5) is 46.8. The highest BCUT2D eigenvalue weighted by Crippen LogP contribution is 2.47. The number of hydrogen-bond acceptors (Lipinski definition) is 15. The number of furan rings is 6. The first-order valence-electron chi connectivity index (χ1n) is 45.8. The van der Waals surface area contributed by atoms with Crippen LogP contribution in [0.15, 0.2) is 445 Å². The van der Waals surface area contributed by atoms with E-state index in [1.165, 1.54) is 26.9 Å². The van der Waals surface area contributed by atoms with Gasteiger partial charge in [-0.1, -0.05) is 334 Å². The number of benzene rings is 21. The van der Waals surface area contributed by atoms with Gasteiger partial charge in [0.2, 0.25) is 0 Å². The molecular formula is C123H69N9O6. The standard InChI is InChI=1S/3C41H23N3O2/c1-2-12-26-24(10-1)22-23-25-11-7-15-29(36(25)26)39-42-40(30-16-8-20-34-37(30)27-13-3-5-18-32(27)45-34)44-41(43-39)31-17-9-21-35-38(31)28-14-4-6-19-33(28)46-35;1-2-10-27-24(9-1)19-20-25-23-26(21-22-28(25)27)39-42-40(31-13-7-17-35-37(31)29-11-3-5-15-33(29)45-35)44-41(43-39)32-14-8-18-36-38(32)30-12-4-6-16-34(30)46-36;1-2-12-25-24(11-1)23-32(27-14-4-3-13-26(25)27)41-43-39(30-17-9-21-35-37(30)28-15-5-7-19-33(28)45-35)42-40(44-41)31-18-10-22-36-38(31)29-16-6-8-20-34(29)46-36/h3*1-23H. The van der Waals surface area contributed by atoms with Gasteiger partial charge in [-0.3, -0.25) is 0 Å². The molecule has 9 aromatic heterocycles. The van der Waals surface area contributed by atoms with Crippen molar-refractivity contribution in [2.75, 3.05) is 0 Å². The highest BCUT2D eigenvalue weighted by Gasteiger charge is 2.28. The first kappa shape index (κ1) is 77.7. The average Bonchev–Trinajstić information content (AvgIpc) is 1.55. The number of fused-ring (bicyclic) bond motifs is 27. The SMILES string of the molecule is c1ccc2c(c1)cc(-c1nc(-c3cccc4oc5ccccc5c34)nc(-c3cccc4oc5ccccc5c34)n1)c1ccccc12.c1ccc2c(c1)ccc1cc(-c3nc(-c4cccc5oc6ccccc6c45)nc(-c4cccc5oc6ccccc6c45)n3)ccc12.c1ccc2c(c1)ccc1cccc(-c3nc(-c4cccc5oc6ccccc6c45)nc(-c4cccc5oc6ccccc6c45)n3)c12. The summed E-state index contributed by atoms with van der Waals surface area (Å²) in [5, 5.41) is 25.9. The van der Waals surface area contributed by atoms with E-state index in [1.54, 1.807) is 0 Å². The van der Waals surface area contributed by atoms with Gasteiger partial charge in [0.25, 0.3) is 0 Å². The monoisotopic (exact) mass is 1770 g/mol. The van der Waals surface area contributed by atoms with E-state index in [1.807, 2.05) is 182 Å². The van der Waals surface area contributed by atoms with E-state index in [-0.39, 0.29) is 0 Å². The number of para-hydroxylation sites is 6. The van der Waals surface area contributed by atoms with Crippen LogP contribution in [0.2, 0.25) is 0 Å². The van der Waals surface area contributed by atoms with Crippen LogP contribution < -0.4 is 0 Å². The Kier molecular flexibility index (Phi) is 17.7. The second-order valence-electron chi connectivity index (χ2n) is 34.7. The first-order chi connectivity index (χ1) is 68.4. The number of aromatic nitrogens is 9. The topological polar surface area (TPSA) is 195 Å². The van der Waals surface area contributed by atoms with Crippen molar-refractivity contribution in [2.45, 2.75) is 0 Å². The zero-order chi connectivity index (χ0) is 90.6. The maximum absolute atomic E-state index is 6.26. The van der Waals surface area contributed by atoms with Gasteiger partial charge < -0.3 is 26.5 Å². The molecule has 0 aliphatic carbocycles. The third-order valence-electron chi connectivity index (χ3n) is 26.8. The zero-order valence-corrected chi connectivity index (χ0v) is 73.3. The lowest BCUT2D eigenvalue weighted by Crippen LogP contribution is -2.01. The van der Waals surface area contributed by atoms with E-state index in [2.05, 4.69) is 237 Å². The summed E-state index contributed by atoms with van der Waals surface area (Å²) >= 11 is 0. The molecule has 9 heterocycles. The third kappa shape index (κ3) is 12.7. The molecule has 0 N–H and O–H groups in total. The summed E-state index contributed by atoms with van der Waals surface area (Å²) in [6.07, 6.45) is 0. The second kappa shape index (κ2) is 31.4. The molecule has 0 saturated carbocycles.